The fourth-order valence-electron chi connectivity index (χ4n) is 2.52. The molecule has 0 atom stereocenters. The topological polar surface area (TPSA) is 78.1 Å². The first kappa shape index (κ1) is 10.1. The second-order valence-corrected chi connectivity index (χ2v) is 4.41. The highest BCUT2D eigenvalue weighted by Crippen LogP contribution is 2.40. The van der Waals surface area contributed by atoms with Gasteiger partial charge in [0.05, 0.1) is 11.4 Å². The highest BCUT2D eigenvalue weighted by Gasteiger charge is 2.20. The van der Waals surface area contributed by atoms with Crippen molar-refractivity contribution in [1.29, 1.82) is 0 Å². The second kappa shape index (κ2) is 4.01. The maximum absolute atomic E-state index is 6.01. The van der Waals surface area contributed by atoms with Crippen LogP contribution in [0.3, 0.4) is 0 Å². The fraction of sp³-hybridized carbons (Fsp3) is 0.500. The van der Waals surface area contributed by atoms with Gasteiger partial charge in [0, 0.05) is 11.3 Å². The van der Waals surface area contributed by atoms with Gasteiger partial charge in [0.2, 0.25) is 0 Å². The van der Waals surface area contributed by atoms with Gasteiger partial charge in [-0.05, 0) is 30.9 Å². The van der Waals surface area contributed by atoms with Crippen LogP contribution in [0.25, 0.3) is 0 Å². The number of hydrogen-bond donors (Lipinski definition) is 3. The second-order valence-electron chi connectivity index (χ2n) is 4.41. The van der Waals surface area contributed by atoms with Gasteiger partial charge in [-0.3, -0.25) is 0 Å². The Kier molecular flexibility index (Phi) is 2.71. The molecule has 0 heterocycles. The summed E-state index contributed by atoms with van der Waals surface area (Å²) in [6.07, 6.45) is 6.27. The summed E-state index contributed by atoms with van der Waals surface area (Å²) >= 11 is 0. The standard InChI is InChI=1S/C12H19N3/c13-9-6-7-10(14)12(15)11(9)8-4-2-1-3-5-8/h6-8H,1-5,13-15H2. The van der Waals surface area contributed by atoms with Crippen LogP contribution in [-0.4, -0.2) is 0 Å². The van der Waals surface area contributed by atoms with E-state index in [0.717, 1.165) is 11.3 Å². The Bertz CT molecular complexity index is 354. The lowest BCUT2D eigenvalue weighted by Crippen LogP contribution is -2.11. The fourth-order valence-corrected chi connectivity index (χ4v) is 2.52. The number of nitrogens with two attached hydrogens (primary N) is 3. The zero-order valence-corrected chi connectivity index (χ0v) is 9.00. The van der Waals surface area contributed by atoms with Crippen LogP contribution in [0, 0.1) is 0 Å². The van der Waals surface area contributed by atoms with E-state index in [0.29, 0.717) is 17.3 Å². The molecule has 82 valence electrons. The van der Waals surface area contributed by atoms with E-state index in [9.17, 15) is 0 Å². The summed E-state index contributed by atoms with van der Waals surface area (Å²) in [5.74, 6) is 0.516. The minimum Gasteiger partial charge on any atom is -0.398 e. The molecule has 0 aliphatic heterocycles. The minimum atomic E-state index is 0.516. The molecule has 1 aromatic rings. The molecule has 0 radical (unpaired) electrons. The third-order valence-electron chi connectivity index (χ3n) is 3.37. The molecule has 0 aromatic heterocycles. The molecule has 0 bridgehead atoms. The normalized spacial score (nSPS) is 17.9. The molecule has 15 heavy (non-hydrogen) atoms. The van der Waals surface area contributed by atoms with Crippen LogP contribution >= 0.6 is 0 Å². The van der Waals surface area contributed by atoms with Crippen molar-refractivity contribution >= 4 is 17.1 Å². The van der Waals surface area contributed by atoms with E-state index >= 15 is 0 Å². The Hall–Kier alpha value is -1.38. The lowest BCUT2D eigenvalue weighted by atomic mass is 9.82. The van der Waals surface area contributed by atoms with Crippen molar-refractivity contribution in [2.24, 2.45) is 0 Å². The minimum absolute atomic E-state index is 0.516. The molecule has 0 spiro atoms. The van der Waals surface area contributed by atoms with Gasteiger partial charge in [0.25, 0.3) is 0 Å². The van der Waals surface area contributed by atoms with Gasteiger partial charge in [0.1, 0.15) is 0 Å². The largest absolute Gasteiger partial charge is 0.398 e. The summed E-state index contributed by atoms with van der Waals surface area (Å²) in [6.45, 7) is 0. The molecular weight excluding hydrogens is 186 g/mol. The van der Waals surface area contributed by atoms with E-state index < -0.39 is 0 Å². The van der Waals surface area contributed by atoms with Crippen molar-refractivity contribution in [2.75, 3.05) is 17.2 Å². The summed E-state index contributed by atoms with van der Waals surface area (Å²) in [5.41, 5.74) is 21.1. The van der Waals surface area contributed by atoms with Gasteiger partial charge in [-0.2, -0.15) is 0 Å². The van der Waals surface area contributed by atoms with Gasteiger partial charge in [0.15, 0.2) is 0 Å². The number of hydrogen-bond acceptors (Lipinski definition) is 3. The van der Waals surface area contributed by atoms with E-state index in [2.05, 4.69) is 0 Å². The maximum atomic E-state index is 6.01. The smallest absolute Gasteiger partial charge is 0.0603 e. The van der Waals surface area contributed by atoms with Crippen molar-refractivity contribution in [1.82, 2.24) is 0 Å². The van der Waals surface area contributed by atoms with Crippen LogP contribution < -0.4 is 17.2 Å². The molecule has 1 saturated carbocycles. The number of benzene rings is 1. The zero-order valence-electron chi connectivity index (χ0n) is 9.00. The lowest BCUT2D eigenvalue weighted by molar-refractivity contribution is 0.445. The van der Waals surface area contributed by atoms with Gasteiger partial charge < -0.3 is 17.2 Å². The third kappa shape index (κ3) is 1.87. The molecular formula is C12H19N3. The number of anilines is 3. The zero-order chi connectivity index (χ0) is 10.8. The van der Waals surface area contributed by atoms with Crippen molar-refractivity contribution < 1.29 is 0 Å². The predicted octanol–water partition coefficient (Wildman–Crippen LogP) is 2.48. The number of rotatable bonds is 1. The van der Waals surface area contributed by atoms with Crippen LogP contribution in [0.4, 0.5) is 17.1 Å². The average molecular weight is 205 g/mol. The summed E-state index contributed by atoms with van der Waals surface area (Å²) in [7, 11) is 0. The van der Waals surface area contributed by atoms with Crippen LogP contribution in [0.5, 0.6) is 0 Å². The molecule has 1 fully saturated rings. The first-order valence-corrected chi connectivity index (χ1v) is 5.63. The van der Waals surface area contributed by atoms with E-state index in [1.54, 1.807) is 6.07 Å². The van der Waals surface area contributed by atoms with Crippen molar-refractivity contribution in [3.05, 3.63) is 17.7 Å². The van der Waals surface area contributed by atoms with Crippen LogP contribution in [0.15, 0.2) is 12.1 Å². The predicted molar refractivity (Wildman–Crippen MR) is 65.5 cm³/mol. The van der Waals surface area contributed by atoms with Crippen molar-refractivity contribution in [3.63, 3.8) is 0 Å². The van der Waals surface area contributed by atoms with Gasteiger partial charge >= 0.3 is 0 Å². The molecule has 1 aliphatic rings. The quantitative estimate of drug-likeness (QED) is 0.616. The molecule has 1 aromatic carbocycles. The Morgan fingerprint density at radius 2 is 1.47 bits per heavy atom. The van der Waals surface area contributed by atoms with E-state index in [1.165, 1.54) is 32.1 Å². The first-order chi connectivity index (χ1) is 7.20. The number of nitrogen functional groups attached to an aromatic ring is 3. The third-order valence-corrected chi connectivity index (χ3v) is 3.37. The molecule has 3 nitrogen and oxygen atoms in total. The molecule has 1 aliphatic carbocycles. The molecule has 2 rings (SSSR count). The highest BCUT2D eigenvalue weighted by molar-refractivity contribution is 5.75. The first-order valence-electron chi connectivity index (χ1n) is 5.63. The monoisotopic (exact) mass is 205 g/mol. The highest BCUT2D eigenvalue weighted by atomic mass is 14.7. The van der Waals surface area contributed by atoms with Crippen LogP contribution in [0.2, 0.25) is 0 Å². The average Bonchev–Trinajstić information content (AvgIpc) is 2.26. The van der Waals surface area contributed by atoms with Crippen molar-refractivity contribution in [3.8, 4) is 0 Å². The lowest BCUT2D eigenvalue weighted by Gasteiger charge is -2.25. The summed E-state index contributed by atoms with van der Waals surface area (Å²) in [4.78, 5) is 0. The molecule has 0 saturated heterocycles. The van der Waals surface area contributed by atoms with Crippen LogP contribution in [-0.2, 0) is 0 Å². The summed E-state index contributed by atoms with van der Waals surface area (Å²) in [5, 5.41) is 0. The molecule has 0 amide bonds. The van der Waals surface area contributed by atoms with E-state index in [-0.39, 0.29) is 0 Å². The molecule has 6 N–H and O–H groups in total. The van der Waals surface area contributed by atoms with Crippen molar-refractivity contribution in [2.45, 2.75) is 38.0 Å². The Morgan fingerprint density at radius 3 is 2.13 bits per heavy atom. The van der Waals surface area contributed by atoms with Gasteiger partial charge in [-0.15, -0.1) is 0 Å². The van der Waals surface area contributed by atoms with E-state index in [4.69, 9.17) is 17.2 Å². The Balaban J connectivity index is 2.36. The summed E-state index contributed by atoms with van der Waals surface area (Å²) < 4.78 is 0. The Morgan fingerprint density at radius 1 is 0.867 bits per heavy atom. The SMILES string of the molecule is Nc1ccc(N)c(C2CCCCC2)c1N. The maximum Gasteiger partial charge on any atom is 0.0603 e. The Labute approximate surface area is 90.6 Å². The van der Waals surface area contributed by atoms with E-state index in [1.807, 2.05) is 6.07 Å². The van der Waals surface area contributed by atoms with Gasteiger partial charge in [-0.1, -0.05) is 19.3 Å². The van der Waals surface area contributed by atoms with Gasteiger partial charge in [-0.25, -0.2) is 0 Å². The molecule has 0 unspecified atom stereocenters. The van der Waals surface area contributed by atoms with Crippen LogP contribution in [0.1, 0.15) is 43.6 Å². The summed E-state index contributed by atoms with van der Waals surface area (Å²) in [6, 6.07) is 3.66. The molecule has 3 heteroatoms.